The van der Waals surface area contributed by atoms with Crippen LogP contribution < -0.4 is 5.32 Å². The number of ether oxygens (including phenoxy) is 1. The third-order valence-corrected chi connectivity index (χ3v) is 3.95. The second-order valence-corrected chi connectivity index (χ2v) is 5.35. The standard InChI is InChI=1S/C18H20N2O2/c1-19-16-9-7-15(8-10-16)18(21)20-11-12-22-17(13-20)14-5-3-2-4-6-14/h2-10,17,19H,11-13H2,1H3. The molecular formula is C18H20N2O2. The Morgan fingerprint density at radius 2 is 1.86 bits per heavy atom. The Morgan fingerprint density at radius 1 is 1.14 bits per heavy atom. The maximum Gasteiger partial charge on any atom is 0.254 e. The lowest BCUT2D eigenvalue weighted by atomic mass is 10.1. The van der Waals surface area contributed by atoms with E-state index in [1.54, 1.807) is 0 Å². The number of hydrogen-bond acceptors (Lipinski definition) is 3. The van der Waals surface area contributed by atoms with Crippen LogP contribution in [-0.4, -0.2) is 37.6 Å². The second kappa shape index (κ2) is 6.62. The predicted molar refractivity (Wildman–Crippen MR) is 87.0 cm³/mol. The highest BCUT2D eigenvalue weighted by Gasteiger charge is 2.25. The van der Waals surface area contributed by atoms with Crippen LogP contribution in [0.2, 0.25) is 0 Å². The maximum atomic E-state index is 12.6. The highest BCUT2D eigenvalue weighted by molar-refractivity contribution is 5.94. The number of morpholine rings is 1. The lowest BCUT2D eigenvalue weighted by Gasteiger charge is -2.33. The van der Waals surface area contributed by atoms with E-state index in [1.165, 1.54) is 0 Å². The third-order valence-electron chi connectivity index (χ3n) is 3.95. The van der Waals surface area contributed by atoms with Gasteiger partial charge in [0.15, 0.2) is 0 Å². The van der Waals surface area contributed by atoms with Gasteiger partial charge < -0.3 is 15.0 Å². The molecule has 3 rings (SSSR count). The van der Waals surface area contributed by atoms with Gasteiger partial charge in [0.25, 0.3) is 5.91 Å². The normalized spacial score (nSPS) is 18.0. The molecule has 1 aliphatic rings. The molecule has 2 aromatic rings. The molecule has 4 heteroatoms. The van der Waals surface area contributed by atoms with Crippen molar-refractivity contribution < 1.29 is 9.53 Å². The second-order valence-electron chi connectivity index (χ2n) is 5.35. The van der Waals surface area contributed by atoms with E-state index in [0.717, 1.165) is 11.3 Å². The quantitative estimate of drug-likeness (QED) is 0.947. The van der Waals surface area contributed by atoms with Crippen molar-refractivity contribution in [2.75, 3.05) is 32.1 Å². The number of anilines is 1. The lowest BCUT2D eigenvalue weighted by Crippen LogP contribution is -2.42. The Labute approximate surface area is 130 Å². The van der Waals surface area contributed by atoms with Crippen molar-refractivity contribution in [2.24, 2.45) is 0 Å². The summed E-state index contributed by atoms with van der Waals surface area (Å²) >= 11 is 0. The maximum absolute atomic E-state index is 12.6. The van der Waals surface area contributed by atoms with Gasteiger partial charge in [0.1, 0.15) is 6.10 Å². The molecule has 0 spiro atoms. The number of carbonyl (C=O) groups is 1. The molecule has 1 aliphatic heterocycles. The van der Waals surface area contributed by atoms with E-state index in [0.29, 0.717) is 25.3 Å². The van der Waals surface area contributed by atoms with Crippen molar-refractivity contribution in [3.05, 3.63) is 65.7 Å². The fourth-order valence-electron chi connectivity index (χ4n) is 2.67. The van der Waals surface area contributed by atoms with Gasteiger partial charge in [-0.1, -0.05) is 30.3 Å². The molecule has 1 N–H and O–H groups in total. The Morgan fingerprint density at radius 3 is 2.55 bits per heavy atom. The summed E-state index contributed by atoms with van der Waals surface area (Å²) in [5.41, 5.74) is 2.83. The highest BCUT2D eigenvalue weighted by atomic mass is 16.5. The number of benzene rings is 2. The van der Waals surface area contributed by atoms with Gasteiger partial charge in [0.05, 0.1) is 13.2 Å². The summed E-state index contributed by atoms with van der Waals surface area (Å²) < 4.78 is 5.81. The summed E-state index contributed by atoms with van der Waals surface area (Å²) in [4.78, 5) is 14.5. The lowest BCUT2D eigenvalue weighted by molar-refractivity contribution is -0.0228. The Hall–Kier alpha value is -2.33. The Kier molecular flexibility index (Phi) is 4.39. The number of nitrogens with zero attached hydrogens (tertiary/aromatic N) is 1. The average Bonchev–Trinajstić information content (AvgIpc) is 2.62. The summed E-state index contributed by atoms with van der Waals surface area (Å²) in [6.07, 6.45) is -0.0459. The molecule has 0 bridgehead atoms. The smallest absolute Gasteiger partial charge is 0.254 e. The molecule has 1 fully saturated rings. The molecule has 1 unspecified atom stereocenters. The first-order valence-electron chi connectivity index (χ1n) is 7.51. The zero-order valence-electron chi connectivity index (χ0n) is 12.7. The van der Waals surface area contributed by atoms with Gasteiger partial charge >= 0.3 is 0 Å². The zero-order chi connectivity index (χ0) is 15.4. The van der Waals surface area contributed by atoms with E-state index in [1.807, 2.05) is 66.5 Å². The van der Waals surface area contributed by atoms with Gasteiger partial charge in [0, 0.05) is 24.8 Å². The van der Waals surface area contributed by atoms with Crippen LogP contribution in [0, 0.1) is 0 Å². The van der Waals surface area contributed by atoms with E-state index in [-0.39, 0.29) is 12.0 Å². The molecule has 0 aliphatic carbocycles. The van der Waals surface area contributed by atoms with Gasteiger partial charge in [-0.15, -0.1) is 0 Å². The van der Waals surface area contributed by atoms with Gasteiger partial charge in [-0.25, -0.2) is 0 Å². The summed E-state index contributed by atoms with van der Waals surface area (Å²) in [6.45, 7) is 1.80. The van der Waals surface area contributed by atoms with E-state index in [9.17, 15) is 4.79 Å². The van der Waals surface area contributed by atoms with Gasteiger partial charge in [-0.2, -0.15) is 0 Å². The molecule has 1 saturated heterocycles. The SMILES string of the molecule is CNc1ccc(C(=O)N2CCOC(c3ccccc3)C2)cc1. The predicted octanol–water partition coefficient (Wildman–Crippen LogP) is 2.94. The minimum atomic E-state index is -0.0459. The first kappa shape index (κ1) is 14.6. The van der Waals surface area contributed by atoms with Gasteiger partial charge in [0.2, 0.25) is 0 Å². The fourth-order valence-corrected chi connectivity index (χ4v) is 2.67. The first-order chi connectivity index (χ1) is 10.8. The number of amides is 1. The monoisotopic (exact) mass is 296 g/mol. The van der Waals surface area contributed by atoms with Crippen molar-refractivity contribution in [3.8, 4) is 0 Å². The van der Waals surface area contributed by atoms with Crippen LogP contribution in [0.15, 0.2) is 54.6 Å². The Balaban J connectivity index is 1.72. The summed E-state index contributed by atoms with van der Waals surface area (Å²) in [5, 5.41) is 3.06. The number of rotatable bonds is 3. The molecule has 1 atom stereocenters. The molecule has 2 aromatic carbocycles. The number of hydrogen-bond donors (Lipinski definition) is 1. The van der Waals surface area contributed by atoms with Crippen LogP contribution in [0.1, 0.15) is 22.0 Å². The first-order valence-corrected chi connectivity index (χ1v) is 7.51. The molecule has 1 heterocycles. The van der Waals surface area contributed by atoms with Crippen LogP contribution in [0.5, 0.6) is 0 Å². The largest absolute Gasteiger partial charge is 0.388 e. The minimum absolute atomic E-state index is 0.0459. The highest BCUT2D eigenvalue weighted by Crippen LogP contribution is 2.23. The molecule has 0 saturated carbocycles. The number of carbonyl (C=O) groups excluding carboxylic acids is 1. The van der Waals surface area contributed by atoms with Crippen molar-refractivity contribution in [1.29, 1.82) is 0 Å². The van der Waals surface area contributed by atoms with Crippen LogP contribution in [-0.2, 0) is 4.74 Å². The van der Waals surface area contributed by atoms with Gasteiger partial charge in [-0.05, 0) is 29.8 Å². The van der Waals surface area contributed by atoms with E-state index in [4.69, 9.17) is 4.74 Å². The van der Waals surface area contributed by atoms with E-state index in [2.05, 4.69) is 5.32 Å². The fraction of sp³-hybridized carbons (Fsp3) is 0.278. The molecule has 114 valence electrons. The van der Waals surface area contributed by atoms with Crippen LogP contribution >= 0.6 is 0 Å². The minimum Gasteiger partial charge on any atom is -0.388 e. The van der Waals surface area contributed by atoms with Crippen molar-refractivity contribution in [2.45, 2.75) is 6.10 Å². The molecule has 22 heavy (non-hydrogen) atoms. The topological polar surface area (TPSA) is 41.6 Å². The molecule has 0 aromatic heterocycles. The molecule has 4 nitrogen and oxygen atoms in total. The van der Waals surface area contributed by atoms with Crippen molar-refractivity contribution in [1.82, 2.24) is 4.90 Å². The van der Waals surface area contributed by atoms with Gasteiger partial charge in [-0.3, -0.25) is 4.79 Å². The average molecular weight is 296 g/mol. The van der Waals surface area contributed by atoms with Crippen molar-refractivity contribution >= 4 is 11.6 Å². The molecule has 1 amide bonds. The number of nitrogens with one attached hydrogen (secondary N) is 1. The van der Waals surface area contributed by atoms with Crippen molar-refractivity contribution in [3.63, 3.8) is 0 Å². The third kappa shape index (κ3) is 3.12. The summed E-state index contributed by atoms with van der Waals surface area (Å²) in [6, 6.07) is 17.6. The summed E-state index contributed by atoms with van der Waals surface area (Å²) in [5.74, 6) is 0.0619. The van der Waals surface area contributed by atoms with Crippen LogP contribution in [0.4, 0.5) is 5.69 Å². The Bertz CT molecular complexity index is 625. The van der Waals surface area contributed by atoms with E-state index < -0.39 is 0 Å². The zero-order valence-corrected chi connectivity index (χ0v) is 12.7. The van der Waals surface area contributed by atoms with Crippen LogP contribution in [0.3, 0.4) is 0 Å². The van der Waals surface area contributed by atoms with E-state index >= 15 is 0 Å². The molecular weight excluding hydrogens is 276 g/mol. The summed E-state index contributed by atoms with van der Waals surface area (Å²) in [7, 11) is 1.86. The molecule has 0 radical (unpaired) electrons. The van der Waals surface area contributed by atoms with Crippen LogP contribution in [0.25, 0.3) is 0 Å².